The summed E-state index contributed by atoms with van der Waals surface area (Å²) in [5.74, 6) is 0.332. The number of nitrogens with one attached hydrogen (secondary N) is 2. The van der Waals surface area contributed by atoms with Gasteiger partial charge in [0.1, 0.15) is 5.82 Å². The van der Waals surface area contributed by atoms with Gasteiger partial charge in [0.2, 0.25) is 0 Å². The van der Waals surface area contributed by atoms with E-state index >= 15 is 0 Å². The minimum Gasteiger partial charge on any atom is -0.366 e. The lowest BCUT2D eigenvalue weighted by atomic mass is 10.3. The maximum atomic E-state index is 12.0. The van der Waals surface area contributed by atoms with Gasteiger partial charge >= 0.3 is 0 Å². The number of halogens is 1. The highest BCUT2D eigenvalue weighted by atomic mass is 35.5. The lowest BCUT2D eigenvalue weighted by Gasteiger charge is -2.08. The average molecular weight is 291 g/mol. The first-order valence-electron chi connectivity index (χ1n) is 6.22. The Balaban J connectivity index is 2.03. The van der Waals surface area contributed by atoms with Crippen molar-refractivity contribution in [1.82, 2.24) is 10.2 Å². The Hall–Kier alpha value is -2.14. The van der Waals surface area contributed by atoms with Crippen molar-refractivity contribution in [2.75, 3.05) is 10.6 Å². The largest absolute Gasteiger partial charge is 0.366 e. The topological polar surface area (TPSA) is 66.9 Å². The fraction of sp³-hybridized carbons (Fsp3) is 0.214. The van der Waals surface area contributed by atoms with Gasteiger partial charge in [0.05, 0.1) is 0 Å². The Morgan fingerprint density at radius 2 is 1.80 bits per heavy atom. The van der Waals surface area contributed by atoms with Gasteiger partial charge in [-0.05, 0) is 50.2 Å². The van der Waals surface area contributed by atoms with E-state index in [1.54, 1.807) is 36.4 Å². The average Bonchev–Trinajstić information content (AvgIpc) is 2.41. The van der Waals surface area contributed by atoms with Crippen LogP contribution in [0.2, 0.25) is 5.02 Å². The van der Waals surface area contributed by atoms with Crippen LogP contribution in [-0.2, 0) is 0 Å². The highest BCUT2D eigenvalue weighted by molar-refractivity contribution is 6.30. The maximum Gasteiger partial charge on any atom is 0.276 e. The second kappa shape index (κ2) is 6.34. The van der Waals surface area contributed by atoms with E-state index in [0.717, 1.165) is 0 Å². The minimum atomic E-state index is -0.309. The van der Waals surface area contributed by atoms with Crippen LogP contribution in [0, 0.1) is 0 Å². The van der Waals surface area contributed by atoms with Crippen LogP contribution < -0.4 is 10.6 Å². The molecule has 0 aliphatic heterocycles. The molecule has 0 atom stereocenters. The van der Waals surface area contributed by atoms with Crippen LogP contribution in [0.4, 0.5) is 11.5 Å². The van der Waals surface area contributed by atoms with Crippen LogP contribution in [-0.4, -0.2) is 22.1 Å². The van der Waals surface area contributed by atoms with Crippen LogP contribution in [0.15, 0.2) is 36.4 Å². The molecular formula is C14H15ClN4O. The molecule has 0 aliphatic rings. The minimum absolute atomic E-state index is 0.259. The van der Waals surface area contributed by atoms with Crippen LogP contribution in [0.1, 0.15) is 24.3 Å². The molecule has 2 aromatic rings. The van der Waals surface area contributed by atoms with E-state index in [2.05, 4.69) is 20.8 Å². The van der Waals surface area contributed by atoms with Crippen molar-refractivity contribution in [1.29, 1.82) is 0 Å². The number of anilines is 2. The van der Waals surface area contributed by atoms with Crippen LogP contribution in [0.3, 0.4) is 0 Å². The number of hydrogen-bond acceptors (Lipinski definition) is 4. The molecule has 0 aliphatic carbocycles. The van der Waals surface area contributed by atoms with E-state index in [1.165, 1.54) is 0 Å². The fourth-order valence-electron chi connectivity index (χ4n) is 1.55. The highest BCUT2D eigenvalue weighted by Crippen LogP contribution is 2.14. The first kappa shape index (κ1) is 14.3. The molecule has 0 radical (unpaired) electrons. The number of benzene rings is 1. The fourth-order valence-corrected chi connectivity index (χ4v) is 1.68. The molecule has 1 aromatic heterocycles. The summed E-state index contributed by atoms with van der Waals surface area (Å²) in [5, 5.41) is 14.3. The molecule has 2 rings (SSSR count). The number of carbonyl (C=O) groups excluding carboxylic acids is 1. The third-order valence-electron chi connectivity index (χ3n) is 2.44. The van der Waals surface area contributed by atoms with Crippen molar-refractivity contribution < 1.29 is 4.79 Å². The molecule has 20 heavy (non-hydrogen) atoms. The molecule has 1 aromatic carbocycles. The third kappa shape index (κ3) is 3.93. The first-order chi connectivity index (χ1) is 9.54. The summed E-state index contributed by atoms with van der Waals surface area (Å²) in [6.45, 7) is 4.01. The first-order valence-corrected chi connectivity index (χ1v) is 6.59. The zero-order valence-corrected chi connectivity index (χ0v) is 12.0. The number of hydrogen-bond donors (Lipinski definition) is 2. The molecule has 0 fully saturated rings. The Kier molecular flexibility index (Phi) is 4.53. The summed E-state index contributed by atoms with van der Waals surface area (Å²) in [7, 11) is 0. The van der Waals surface area contributed by atoms with Crippen molar-refractivity contribution in [3.05, 3.63) is 47.1 Å². The summed E-state index contributed by atoms with van der Waals surface area (Å²) in [6.07, 6.45) is 0. The molecule has 2 N–H and O–H groups in total. The van der Waals surface area contributed by atoms with E-state index < -0.39 is 0 Å². The zero-order chi connectivity index (χ0) is 14.5. The Morgan fingerprint density at radius 1 is 1.10 bits per heavy atom. The van der Waals surface area contributed by atoms with Crippen LogP contribution in [0.5, 0.6) is 0 Å². The standard InChI is InChI=1S/C14H15ClN4O/c1-9(2)16-13-8-7-12(18-19-13)14(20)17-11-5-3-10(15)4-6-11/h3-9H,1-2H3,(H,16,19)(H,17,20). The molecule has 0 unspecified atom stereocenters. The van der Waals surface area contributed by atoms with E-state index in [4.69, 9.17) is 11.6 Å². The van der Waals surface area contributed by atoms with Gasteiger partial charge < -0.3 is 10.6 Å². The molecule has 0 bridgehead atoms. The van der Waals surface area contributed by atoms with E-state index in [1.807, 2.05) is 13.8 Å². The summed E-state index contributed by atoms with van der Waals surface area (Å²) >= 11 is 5.78. The van der Waals surface area contributed by atoms with Gasteiger partial charge in [-0.1, -0.05) is 11.6 Å². The predicted molar refractivity (Wildman–Crippen MR) is 80.2 cm³/mol. The van der Waals surface area contributed by atoms with Crippen molar-refractivity contribution >= 4 is 29.0 Å². The van der Waals surface area contributed by atoms with Gasteiger partial charge in [-0.25, -0.2) is 0 Å². The summed E-state index contributed by atoms with van der Waals surface area (Å²) in [6, 6.07) is 10.5. The lowest BCUT2D eigenvalue weighted by molar-refractivity contribution is 0.102. The van der Waals surface area contributed by atoms with E-state index in [9.17, 15) is 4.79 Å². The third-order valence-corrected chi connectivity index (χ3v) is 2.69. The van der Waals surface area contributed by atoms with Gasteiger partial charge in [0, 0.05) is 16.8 Å². The molecule has 6 heteroatoms. The predicted octanol–water partition coefficient (Wildman–Crippen LogP) is 3.20. The van der Waals surface area contributed by atoms with Crippen molar-refractivity contribution in [2.45, 2.75) is 19.9 Å². The van der Waals surface area contributed by atoms with Gasteiger partial charge in [0.25, 0.3) is 5.91 Å². The molecule has 0 spiro atoms. The smallest absolute Gasteiger partial charge is 0.276 e. The number of amides is 1. The molecule has 0 saturated carbocycles. The summed E-state index contributed by atoms with van der Waals surface area (Å²) in [5.41, 5.74) is 0.917. The SMILES string of the molecule is CC(C)Nc1ccc(C(=O)Nc2ccc(Cl)cc2)nn1. The highest BCUT2D eigenvalue weighted by Gasteiger charge is 2.08. The maximum absolute atomic E-state index is 12.0. The number of rotatable bonds is 4. The van der Waals surface area contributed by atoms with Crippen molar-refractivity contribution in [2.24, 2.45) is 0 Å². The second-order valence-corrected chi connectivity index (χ2v) is 5.00. The van der Waals surface area contributed by atoms with Crippen LogP contribution in [0.25, 0.3) is 0 Å². The Bertz CT molecular complexity index is 581. The monoisotopic (exact) mass is 290 g/mol. The lowest BCUT2D eigenvalue weighted by Crippen LogP contribution is -2.16. The van der Waals surface area contributed by atoms with E-state index in [-0.39, 0.29) is 17.6 Å². The normalized spacial score (nSPS) is 10.4. The molecule has 104 valence electrons. The second-order valence-electron chi connectivity index (χ2n) is 4.56. The van der Waals surface area contributed by atoms with Gasteiger partial charge in [-0.15, -0.1) is 10.2 Å². The Morgan fingerprint density at radius 3 is 2.35 bits per heavy atom. The van der Waals surface area contributed by atoms with Crippen LogP contribution >= 0.6 is 11.6 Å². The number of carbonyl (C=O) groups is 1. The quantitative estimate of drug-likeness (QED) is 0.907. The van der Waals surface area contributed by atoms with E-state index in [0.29, 0.717) is 16.5 Å². The molecule has 1 heterocycles. The zero-order valence-electron chi connectivity index (χ0n) is 11.2. The van der Waals surface area contributed by atoms with Gasteiger partial charge in [-0.2, -0.15) is 0 Å². The number of nitrogens with zero attached hydrogens (tertiary/aromatic N) is 2. The summed E-state index contributed by atoms with van der Waals surface area (Å²) < 4.78 is 0. The van der Waals surface area contributed by atoms with Crippen molar-refractivity contribution in [3.63, 3.8) is 0 Å². The van der Waals surface area contributed by atoms with Gasteiger partial charge in [-0.3, -0.25) is 4.79 Å². The summed E-state index contributed by atoms with van der Waals surface area (Å²) in [4.78, 5) is 12.0. The van der Waals surface area contributed by atoms with Gasteiger partial charge in [0.15, 0.2) is 5.69 Å². The molecular weight excluding hydrogens is 276 g/mol. The molecule has 5 nitrogen and oxygen atoms in total. The number of aromatic nitrogens is 2. The van der Waals surface area contributed by atoms with Crippen molar-refractivity contribution in [3.8, 4) is 0 Å². The molecule has 0 saturated heterocycles. The molecule has 1 amide bonds. The Labute approximate surface area is 122 Å².